The first kappa shape index (κ1) is 21.8. The van der Waals surface area contributed by atoms with Crippen molar-refractivity contribution in [3.63, 3.8) is 0 Å². The van der Waals surface area contributed by atoms with Crippen LogP contribution in [0.3, 0.4) is 0 Å². The smallest absolute Gasteiger partial charge is 0.493 e. The van der Waals surface area contributed by atoms with Gasteiger partial charge in [-0.05, 0) is 56.2 Å². The van der Waals surface area contributed by atoms with E-state index >= 15 is 0 Å². The van der Waals surface area contributed by atoms with E-state index in [-0.39, 0.29) is 17.3 Å². The highest BCUT2D eigenvalue weighted by atomic mass is 16.7. The molecule has 0 spiro atoms. The molecule has 3 rings (SSSR count). The first-order valence-electron chi connectivity index (χ1n) is 9.58. The van der Waals surface area contributed by atoms with Crippen LogP contribution in [-0.2, 0) is 14.3 Å². The summed E-state index contributed by atoms with van der Waals surface area (Å²) in [6.07, 6.45) is 4.16. The molecule has 0 saturated heterocycles. The van der Waals surface area contributed by atoms with Gasteiger partial charge in [-0.25, -0.2) is 14.6 Å². The number of esters is 1. The number of benzene rings is 2. The van der Waals surface area contributed by atoms with Crippen molar-refractivity contribution in [1.29, 1.82) is 0 Å². The van der Waals surface area contributed by atoms with Crippen LogP contribution in [0.1, 0.15) is 31.9 Å². The van der Waals surface area contributed by atoms with Gasteiger partial charge in [0.15, 0.2) is 17.2 Å². The summed E-state index contributed by atoms with van der Waals surface area (Å²) < 4.78 is 20.8. The molecule has 0 atom stereocenters. The van der Waals surface area contributed by atoms with E-state index in [1.165, 1.54) is 7.11 Å². The summed E-state index contributed by atoms with van der Waals surface area (Å²) in [5.41, 5.74) is 1.05. The van der Waals surface area contributed by atoms with E-state index in [0.29, 0.717) is 11.3 Å². The predicted octanol–water partition coefficient (Wildman–Crippen LogP) is 5.02. The average molecular weight is 421 g/mol. The van der Waals surface area contributed by atoms with Crippen molar-refractivity contribution in [2.45, 2.75) is 26.4 Å². The van der Waals surface area contributed by atoms with Gasteiger partial charge in [0.05, 0.1) is 7.11 Å². The van der Waals surface area contributed by atoms with Gasteiger partial charge in [0.25, 0.3) is 0 Å². The van der Waals surface area contributed by atoms with Gasteiger partial charge < -0.3 is 18.9 Å². The van der Waals surface area contributed by atoms with Crippen molar-refractivity contribution in [2.24, 2.45) is 4.99 Å². The maximum absolute atomic E-state index is 12.1. The first-order chi connectivity index (χ1) is 14.7. The van der Waals surface area contributed by atoms with E-state index in [2.05, 4.69) is 4.99 Å². The topological polar surface area (TPSA) is 83.4 Å². The van der Waals surface area contributed by atoms with Crippen LogP contribution in [0.4, 0.5) is 4.79 Å². The minimum Gasteiger partial charge on any atom is -0.493 e. The Hall–Kier alpha value is -3.87. The van der Waals surface area contributed by atoms with Gasteiger partial charge >= 0.3 is 12.1 Å². The van der Waals surface area contributed by atoms with Gasteiger partial charge in [-0.3, -0.25) is 0 Å². The molecule has 0 aliphatic carbocycles. The molecule has 7 nitrogen and oxygen atoms in total. The normalized spacial score (nSPS) is 15.0. The summed E-state index contributed by atoms with van der Waals surface area (Å²) in [6, 6.07) is 14.4. The van der Waals surface area contributed by atoms with E-state index in [4.69, 9.17) is 18.9 Å². The van der Waals surface area contributed by atoms with Crippen LogP contribution < -0.4 is 9.47 Å². The van der Waals surface area contributed by atoms with Crippen molar-refractivity contribution in [1.82, 2.24) is 0 Å². The van der Waals surface area contributed by atoms with Crippen LogP contribution in [-0.4, -0.2) is 30.7 Å². The summed E-state index contributed by atoms with van der Waals surface area (Å²) in [4.78, 5) is 28.3. The maximum atomic E-state index is 12.1. The number of cyclic esters (lactones) is 1. The van der Waals surface area contributed by atoms with Crippen LogP contribution in [0.5, 0.6) is 11.5 Å². The number of rotatable bonds is 5. The molecule has 0 unspecified atom stereocenters. The second-order valence-electron chi connectivity index (χ2n) is 7.59. The van der Waals surface area contributed by atoms with Gasteiger partial charge in [-0.2, -0.15) is 0 Å². The molecular formula is C24H23NO6. The number of carbonyl (C=O) groups is 2. The van der Waals surface area contributed by atoms with Crippen molar-refractivity contribution in [2.75, 3.05) is 7.11 Å². The molecule has 1 aliphatic rings. The molecule has 0 bridgehead atoms. The molecule has 1 aliphatic heterocycles. The lowest BCUT2D eigenvalue weighted by Gasteiger charge is -2.19. The predicted molar refractivity (Wildman–Crippen MR) is 117 cm³/mol. The molecule has 160 valence electrons. The number of ether oxygens (including phenoxy) is 4. The summed E-state index contributed by atoms with van der Waals surface area (Å²) in [6.45, 7) is 5.22. The lowest BCUT2D eigenvalue weighted by molar-refractivity contribution is -0.129. The Morgan fingerprint density at radius 3 is 2.42 bits per heavy atom. The number of aliphatic imine (C=N–C) groups is 1. The third-order valence-corrected chi connectivity index (χ3v) is 3.93. The monoisotopic (exact) mass is 421 g/mol. The van der Waals surface area contributed by atoms with Gasteiger partial charge in [0.1, 0.15) is 5.60 Å². The molecule has 0 aromatic heterocycles. The second-order valence-corrected chi connectivity index (χ2v) is 7.59. The zero-order valence-electron chi connectivity index (χ0n) is 17.7. The Morgan fingerprint density at radius 1 is 1.00 bits per heavy atom. The summed E-state index contributed by atoms with van der Waals surface area (Å²) in [5, 5.41) is 0. The Balaban J connectivity index is 1.76. The maximum Gasteiger partial charge on any atom is 0.514 e. The Labute approximate surface area is 180 Å². The van der Waals surface area contributed by atoms with Crippen LogP contribution in [0.25, 0.3) is 12.2 Å². The van der Waals surface area contributed by atoms with Crippen molar-refractivity contribution in [3.8, 4) is 11.5 Å². The molecule has 31 heavy (non-hydrogen) atoms. The van der Waals surface area contributed by atoms with Crippen molar-refractivity contribution in [3.05, 3.63) is 71.4 Å². The molecule has 7 heteroatoms. The molecule has 2 aromatic rings. The van der Waals surface area contributed by atoms with Gasteiger partial charge in [0.2, 0.25) is 5.90 Å². The number of hydrogen-bond acceptors (Lipinski definition) is 7. The molecule has 0 fully saturated rings. The fraction of sp³-hybridized carbons (Fsp3) is 0.208. The Kier molecular flexibility index (Phi) is 6.55. The standard InChI is InChI=1S/C24H23NO6/c1-24(2,3)31-23(27)29-19-12-10-17(15-20(19)28-4)14-18-22(26)30-21(25-18)13-11-16-8-6-5-7-9-16/h5-15H,1-4H3/b13-11+,18-14-. The molecule has 0 radical (unpaired) electrons. The molecular weight excluding hydrogens is 398 g/mol. The zero-order chi connectivity index (χ0) is 22.4. The van der Waals surface area contributed by atoms with Crippen LogP contribution >= 0.6 is 0 Å². The van der Waals surface area contributed by atoms with Gasteiger partial charge in [-0.15, -0.1) is 0 Å². The third-order valence-electron chi connectivity index (χ3n) is 3.93. The summed E-state index contributed by atoms with van der Waals surface area (Å²) >= 11 is 0. The Bertz CT molecular complexity index is 1060. The van der Waals surface area contributed by atoms with Gasteiger partial charge in [0, 0.05) is 6.08 Å². The average Bonchev–Trinajstić information content (AvgIpc) is 3.06. The molecule has 2 aromatic carbocycles. The summed E-state index contributed by atoms with van der Waals surface area (Å²) in [5.74, 6) is 0.153. The largest absolute Gasteiger partial charge is 0.514 e. The fourth-order valence-corrected chi connectivity index (χ4v) is 2.61. The second kappa shape index (κ2) is 9.30. The highest BCUT2D eigenvalue weighted by molar-refractivity contribution is 6.11. The van der Waals surface area contributed by atoms with Crippen molar-refractivity contribution >= 4 is 30.2 Å². The zero-order valence-corrected chi connectivity index (χ0v) is 17.7. The number of hydrogen-bond donors (Lipinski definition) is 0. The van der Waals surface area contributed by atoms with Crippen LogP contribution in [0.2, 0.25) is 0 Å². The van der Waals surface area contributed by atoms with E-state index in [0.717, 1.165) is 5.56 Å². The SMILES string of the molecule is COc1cc(/C=C2N=C(/C=C/c3ccccc3)OC\2=O)ccc1OC(=O)OC(C)(C)C. The third kappa shape index (κ3) is 6.30. The van der Waals surface area contributed by atoms with Crippen LogP contribution in [0, 0.1) is 0 Å². The highest BCUT2D eigenvalue weighted by Gasteiger charge is 2.22. The first-order valence-corrected chi connectivity index (χ1v) is 9.58. The van der Waals surface area contributed by atoms with Crippen molar-refractivity contribution < 1.29 is 28.5 Å². The highest BCUT2D eigenvalue weighted by Crippen LogP contribution is 2.30. The Morgan fingerprint density at radius 2 is 1.74 bits per heavy atom. The lowest BCUT2D eigenvalue weighted by Crippen LogP contribution is -2.26. The fourth-order valence-electron chi connectivity index (χ4n) is 2.61. The number of methoxy groups -OCH3 is 1. The molecule has 0 N–H and O–H groups in total. The van der Waals surface area contributed by atoms with E-state index in [1.54, 1.807) is 57.2 Å². The molecule has 0 amide bonds. The van der Waals surface area contributed by atoms with Gasteiger partial charge in [-0.1, -0.05) is 36.4 Å². The van der Waals surface area contributed by atoms with E-state index < -0.39 is 17.7 Å². The number of carbonyl (C=O) groups excluding carboxylic acids is 2. The molecule has 1 heterocycles. The minimum atomic E-state index is -0.837. The van der Waals surface area contributed by atoms with Crippen LogP contribution in [0.15, 0.2) is 65.3 Å². The quantitative estimate of drug-likeness (QED) is 0.383. The lowest BCUT2D eigenvalue weighted by atomic mass is 10.1. The minimum absolute atomic E-state index is 0.149. The number of nitrogens with zero attached hydrogens (tertiary/aromatic N) is 1. The van der Waals surface area contributed by atoms with E-state index in [1.807, 2.05) is 30.3 Å². The van der Waals surface area contributed by atoms with E-state index in [9.17, 15) is 9.59 Å². The molecule has 0 saturated carbocycles. The summed E-state index contributed by atoms with van der Waals surface area (Å²) in [7, 11) is 1.45.